The quantitative estimate of drug-likeness (QED) is 0.456. The van der Waals surface area contributed by atoms with Crippen LogP contribution in [0.5, 0.6) is 0 Å². The first kappa shape index (κ1) is 18.2. The molecule has 1 aliphatic rings. The summed E-state index contributed by atoms with van der Waals surface area (Å²) in [6.07, 6.45) is 1.44. The highest BCUT2D eigenvalue weighted by atomic mass is 16.6. The number of hydrogen-bond donors (Lipinski definition) is 0. The Kier molecular flexibility index (Phi) is 6.15. The number of rotatable bonds is 6. The van der Waals surface area contributed by atoms with Crippen LogP contribution in [-0.4, -0.2) is 42.1 Å². The molecule has 2 rings (SSSR count). The van der Waals surface area contributed by atoms with E-state index < -0.39 is 17.5 Å². The van der Waals surface area contributed by atoms with Crippen molar-refractivity contribution in [2.75, 3.05) is 19.8 Å². The van der Waals surface area contributed by atoms with Gasteiger partial charge in [0, 0.05) is 13.1 Å². The van der Waals surface area contributed by atoms with Crippen molar-refractivity contribution in [2.45, 2.75) is 38.8 Å². The molecule has 0 bridgehead atoms. The lowest BCUT2D eigenvalue weighted by Gasteiger charge is -2.44. The fourth-order valence-electron chi connectivity index (χ4n) is 3.16. The molecule has 0 unspecified atom stereocenters. The summed E-state index contributed by atoms with van der Waals surface area (Å²) in [4.78, 5) is 27.5. The topological polar surface area (TPSA) is 55.8 Å². The predicted octanol–water partition coefficient (Wildman–Crippen LogP) is 2.70. The number of ether oxygens (including phenoxy) is 2. The summed E-state index contributed by atoms with van der Waals surface area (Å²) in [5, 5.41) is 0. The van der Waals surface area contributed by atoms with Crippen molar-refractivity contribution < 1.29 is 19.1 Å². The van der Waals surface area contributed by atoms with E-state index in [-0.39, 0.29) is 13.2 Å². The molecule has 1 aromatic rings. The van der Waals surface area contributed by atoms with E-state index in [4.69, 9.17) is 9.47 Å². The van der Waals surface area contributed by atoms with E-state index in [2.05, 4.69) is 6.58 Å². The standard InChI is InChI=1S/C19H25NO4/c1-4-23-17(21)19(18(22)24-5-2)15(3)10-9-13-20(19)14-16-11-7-6-8-12-16/h6-8,11-12H,3-5,9-10,13-14H2,1-2H3. The van der Waals surface area contributed by atoms with Gasteiger partial charge >= 0.3 is 11.9 Å². The second-order valence-electron chi connectivity index (χ2n) is 5.77. The van der Waals surface area contributed by atoms with E-state index in [0.717, 1.165) is 12.0 Å². The van der Waals surface area contributed by atoms with Gasteiger partial charge in [0.25, 0.3) is 0 Å². The lowest BCUT2D eigenvalue weighted by molar-refractivity contribution is -0.173. The smallest absolute Gasteiger partial charge is 0.342 e. The lowest BCUT2D eigenvalue weighted by Crippen LogP contribution is -2.64. The molecule has 5 heteroatoms. The third-order valence-corrected chi connectivity index (χ3v) is 4.25. The highest BCUT2D eigenvalue weighted by Gasteiger charge is 2.57. The first-order valence-corrected chi connectivity index (χ1v) is 8.39. The van der Waals surface area contributed by atoms with Crippen LogP contribution in [0.1, 0.15) is 32.3 Å². The molecule has 0 amide bonds. The van der Waals surface area contributed by atoms with Gasteiger partial charge in [0.2, 0.25) is 5.54 Å². The Labute approximate surface area is 143 Å². The number of likely N-dealkylation sites (tertiary alicyclic amines) is 1. The fraction of sp³-hybridized carbons (Fsp3) is 0.474. The van der Waals surface area contributed by atoms with Crippen LogP contribution in [0.2, 0.25) is 0 Å². The monoisotopic (exact) mass is 331 g/mol. The molecule has 0 N–H and O–H groups in total. The highest BCUT2D eigenvalue weighted by Crippen LogP contribution is 2.36. The summed E-state index contributed by atoms with van der Waals surface area (Å²) >= 11 is 0. The average molecular weight is 331 g/mol. The number of hydrogen-bond acceptors (Lipinski definition) is 5. The van der Waals surface area contributed by atoms with E-state index in [9.17, 15) is 9.59 Å². The van der Waals surface area contributed by atoms with Crippen molar-refractivity contribution in [3.63, 3.8) is 0 Å². The Hall–Kier alpha value is -2.14. The molecule has 130 valence electrons. The van der Waals surface area contributed by atoms with Crippen molar-refractivity contribution in [3.05, 3.63) is 48.0 Å². The number of carbonyl (C=O) groups is 2. The maximum absolute atomic E-state index is 12.8. The molecule has 0 atom stereocenters. The van der Waals surface area contributed by atoms with Gasteiger partial charge in [0.05, 0.1) is 13.2 Å². The average Bonchev–Trinajstić information content (AvgIpc) is 2.56. The van der Waals surface area contributed by atoms with Crippen molar-refractivity contribution in [1.29, 1.82) is 0 Å². The first-order chi connectivity index (χ1) is 11.6. The van der Waals surface area contributed by atoms with Crippen LogP contribution in [0.25, 0.3) is 0 Å². The molecule has 24 heavy (non-hydrogen) atoms. The van der Waals surface area contributed by atoms with E-state index in [1.807, 2.05) is 35.2 Å². The van der Waals surface area contributed by atoms with E-state index in [1.165, 1.54) is 0 Å². The zero-order chi connectivity index (χ0) is 17.6. The minimum absolute atomic E-state index is 0.201. The minimum atomic E-state index is -1.56. The van der Waals surface area contributed by atoms with Gasteiger partial charge in [0.1, 0.15) is 0 Å². The molecule has 0 spiro atoms. The summed E-state index contributed by atoms with van der Waals surface area (Å²) in [6, 6.07) is 9.74. The molecule has 0 aromatic heterocycles. The number of piperidine rings is 1. The van der Waals surface area contributed by atoms with Crippen LogP contribution < -0.4 is 0 Å². The summed E-state index contributed by atoms with van der Waals surface area (Å²) in [5.41, 5.74) is 0.00636. The predicted molar refractivity (Wildman–Crippen MR) is 91.2 cm³/mol. The van der Waals surface area contributed by atoms with Crippen molar-refractivity contribution in [3.8, 4) is 0 Å². The molecular weight excluding hydrogens is 306 g/mol. The van der Waals surface area contributed by atoms with Gasteiger partial charge in [0.15, 0.2) is 0 Å². The maximum atomic E-state index is 12.8. The van der Waals surface area contributed by atoms with Crippen molar-refractivity contribution >= 4 is 11.9 Å². The normalized spacial score (nSPS) is 17.3. The molecule has 1 saturated heterocycles. The summed E-state index contributed by atoms with van der Waals surface area (Å²) < 4.78 is 10.5. The highest BCUT2D eigenvalue weighted by molar-refractivity contribution is 6.08. The van der Waals surface area contributed by atoms with Crippen LogP contribution in [-0.2, 0) is 25.6 Å². The summed E-state index contributed by atoms with van der Waals surface area (Å²) in [6.45, 7) is 8.94. The van der Waals surface area contributed by atoms with Gasteiger partial charge in [-0.1, -0.05) is 36.9 Å². The molecule has 0 saturated carbocycles. The first-order valence-electron chi connectivity index (χ1n) is 8.39. The fourth-order valence-corrected chi connectivity index (χ4v) is 3.16. The largest absolute Gasteiger partial charge is 0.464 e. The van der Waals surface area contributed by atoms with Gasteiger partial charge in [-0.05, 0) is 37.8 Å². The molecule has 1 fully saturated rings. The Balaban J connectivity index is 2.44. The van der Waals surface area contributed by atoms with Gasteiger partial charge in [-0.15, -0.1) is 0 Å². The Morgan fingerprint density at radius 3 is 2.25 bits per heavy atom. The van der Waals surface area contributed by atoms with E-state index >= 15 is 0 Å². The molecule has 1 aromatic carbocycles. The Morgan fingerprint density at radius 1 is 1.12 bits per heavy atom. The summed E-state index contributed by atoms with van der Waals surface area (Å²) in [7, 11) is 0. The van der Waals surface area contributed by atoms with E-state index in [1.54, 1.807) is 13.8 Å². The lowest BCUT2D eigenvalue weighted by atomic mass is 9.81. The van der Waals surface area contributed by atoms with Crippen molar-refractivity contribution in [2.24, 2.45) is 0 Å². The van der Waals surface area contributed by atoms with Gasteiger partial charge in [-0.2, -0.15) is 0 Å². The zero-order valence-electron chi connectivity index (χ0n) is 14.4. The number of carbonyl (C=O) groups excluding carboxylic acids is 2. The third kappa shape index (κ3) is 3.36. The van der Waals surface area contributed by atoms with Gasteiger partial charge < -0.3 is 9.47 Å². The van der Waals surface area contributed by atoms with Crippen LogP contribution in [0.15, 0.2) is 42.5 Å². The summed E-state index contributed by atoms with van der Waals surface area (Å²) in [5.74, 6) is -1.19. The molecule has 1 heterocycles. The molecule has 1 aliphatic heterocycles. The second kappa shape index (κ2) is 8.11. The van der Waals surface area contributed by atoms with Crippen LogP contribution in [0, 0.1) is 0 Å². The Bertz CT molecular complexity index is 579. The zero-order valence-corrected chi connectivity index (χ0v) is 14.4. The van der Waals surface area contributed by atoms with Crippen LogP contribution >= 0.6 is 0 Å². The maximum Gasteiger partial charge on any atom is 0.342 e. The van der Waals surface area contributed by atoms with Crippen LogP contribution in [0.4, 0.5) is 0 Å². The number of esters is 2. The number of nitrogens with zero attached hydrogens (tertiary/aromatic N) is 1. The molecule has 0 aliphatic carbocycles. The van der Waals surface area contributed by atoms with Gasteiger partial charge in [-0.25, -0.2) is 9.59 Å². The number of benzene rings is 1. The molecular formula is C19H25NO4. The minimum Gasteiger partial charge on any atom is -0.464 e. The van der Waals surface area contributed by atoms with E-state index in [0.29, 0.717) is 25.1 Å². The van der Waals surface area contributed by atoms with Crippen LogP contribution in [0.3, 0.4) is 0 Å². The van der Waals surface area contributed by atoms with Crippen molar-refractivity contribution in [1.82, 2.24) is 4.90 Å². The molecule has 0 radical (unpaired) electrons. The van der Waals surface area contributed by atoms with Gasteiger partial charge in [-0.3, -0.25) is 4.90 Å². The molecule has 5 nitrogen and oxygen atoms in total. The second-order valence-corrected chi connectivity index (χ2v) is 5.77. The third-order valence-electron chi connectivity index (χ3n) is 4.25. The SMILES string of the molecule is C=C1CCCN(Cc2ccccc2)C1(C(=O)OCC)C(=O)OCC. The Morgan fingerprint density at radius 2 is 1.71 bits per heavy atom.